The molecule has 1 aromatic heterocycles. The molecular weight excluding hydrogens is 369 g/mol. The van der Waals surface area contributed by atoms with Crippen LogP contribution >= 0.6 is 11.6 Å². The summed E-state index contributed by atoms with van der Waals surface area (Å²) < 4.78 is 67.9. The minimum atomic E-state index is -4.52. The summed E-state index contributed by atoms with van der Waals surface area (Å²) in [6, 6.07) is 8.34. The molecule has 0 spiro atoms. The van der Waals surface area contributed by atoms with Crippen molar-refractivity contribution in [2.24, 2.45) is 0 Å². The summed E-state index contributed by atoms with van der Waals surface area (Å²) in [6.07, 6.45) is -3.26. The largest absolute Gasteiger partial charge is 0.468 e. The second-order valence-electron chi connectivity index (χ2n) is 4.65. The molecule has 0 bridgehead atoms. The fraction of sp³-hybridized carbons (Fsp3) is 0.214. The lowest BCUT2D eigenvalue weighted by Gasteiger charge is -2.12. The molecule has 1 N–H and O–H groups in total. The van der Waals surface area contributed by atoms with Gasteiger partial charge in [-0.05, 0) is 30.3 Å². The van der Waals surface area contributed by atoms with Crippen molar-refractivity contribution < 1.29 is 26.3 Å². The molecule has 0 amide bonds. The Labute approximate surface area is 141 Å². The van der Waals surface area contributed by atoms with E-state index in [1.54, 1.807) is 0 Å². The van der Waals surface area contributed by atoms with Gasteiger partial charge >= 0.3 is 6.18 Å². The van der Waals surface area contributed by atoms with Crippen molar-refractivity contribution in [3.63, 3.8) is 0 Å². The fourth-order valence-corrected chi connectivity index (χ4v) is 2.84. The molecule has 0 radical (unpaired) electrons. The smallest absolute Gasteiger partial charge is 0.422 e. The first-order valence-corrected chi connectivity index (χ1v) is 8.42. The summed E-state index contributed by atoms with van der Waals surface area (Å²) in [5.41, 5.74) is 0.180. The quantitative estimate of drug-likeness (QED) is 0.836. The number of hydrogen-bond donors (Lipinski definition) is 1. The lowest BCUT2D eigenvalue weighted by atomic mass is 10.3. The normalized spacial score (nSPS) is 12.2. The number of aromatic nitrogens is 1. The third kappa shape index (κ3) is 5.36. The summed E-state index contributed by atoms with van der Waals surface area (Å²) in [4.78, 5) is 3.67. The van der Waals surface area contributed by atoms with Gasteiger partial charge in [-0.3, -0.25) is 0 Å². The van der Waals surface area contributed by atoms with E-state index in [1.165, 1.54) is 42.6 Å². The molecule has 130 valence electrons. The summed E-state index contributed by atoms with van der Waals surface area (Å²) in [5.74, 6) is -0.284. The number of benzene rings is 1. The lowest BCUT2D eigenvalue weighted by Crippen LogP contribution is -2.24. The van der Waals surface area contributed by atoms with Crippen LogP contribution in [-0.4, -0.2) is 26.2 Å². The Morgan fingerprint density at radius 3 is 2.46 bits per heavy atom. The van der Waals surface area contributed by atoms with Crippen LogP contribution in [0.1, 0.15) is 5.56 Å². The van der Waals surface area contributed by atoms with E-state index < -0.39 is 22.8 Å². The maximum atomic E-state index is 12.2. The van der Waals surface area contributed by atoms with Crippen molar-refractivity contribution >= 4 is 21.6 Å². The van der Waals surface area contributed by atoms with E-state index in [1.807, 2.05) is 0 Å². The van der Waals surface area contributed by atoms with Gasteiger partial charge in [0.1, 0.15) is 0 Å². The van der Waals surface area contributed by atoms with Gasteiger partial charge in [0, 0.05) is 23.3 Å². The summed E-state index contributed by atoms with van der Waals surface area (Å²) in [7, 11) is -3.85. The maximum absolute atomic E-state index is 12.2. The van der Waals surface area contributed by atoms with Gasteiger partial charge in [-0.15, -0.1) is 0 Å². The second kappa shape index (κ2) is 7.37. The van der Waals surface area contributed by atoms with Crippen LogP contribution in [0.4, 0.5) is 13.2 Å². The van der Waals surface area contributed by atoms with Crippen LogP contribution in [0.15, 0.2) is 47.5 Å². The molecule has 2 rings (SSSR count). The molecule has 0 saturated carbocycles. The van der Waals surface area contributed by atoms with Crippen molar-refractivity contribution in [2.75, 3.05) is 6.61 Å². The molecule has 1 heterocycles. The molecule has 0 unspecified atom stereocenters. The number of ether oxygens (including phenoxy) is 1. The van der Waals surface area contributed by atoms with Crippen LogP contribution in [0, 0.1) is 0 Å². The first kappa shape index (κ1) is 18.5. The summed E-state index contributed by atoms with van der Waals surface area (Å²) >= 11 is 5.70. The molecule has 0 aliphatic carbocycles. The van der Waals surface area contributed by atoms with Crippen LogP contribution < -0.4 is 9.46 Å². The molecule has 0 saturated heterocycles. The van der Waals surface area contributed by atoms with Gasteiger partial charge in [0.2, 0.25) is 15.9 Å². The minimum absolute atomic E-state index is 0.0199. The van der Waals surface area contributed by atoms with E-state index in [0.29, 0.717) is 5.02 Å². The number of pyridine rings is 1. The number of alkyl halides is 3. The summed E-state index contributed by atoms with van der Waals surface area (Å²) in [6.45, 7) is -1.78. The van der Waals surface area contributed by atoms with E-state index in [-0.39, 0.29) is 22.9 Å². The Morgan fingerprint density at radius 2 is 1.83 bits per heavy atom. The standard InChI is InChI=1S/C14H12ClF3N2O3S/c15-11-3-5-12(6-4-11)24(21,22)20-8-10-2-1-7-19-13(10)23-9-14(16,17)18/h1-7,20H,8-9H2. The number of halogens is 4. The van der Waals surface area contributed by atoms with Gasteiger partial charge in [0.25, 0.3) is 0 Å². The fourth-order valence-electron chi connectivity index (χ4n) is 1.71. The van der Waals surface area contributed by atoms with E-state index >= 15 is 0 Å². The SMILES string of the molecule is O=S(=O)(NCc1cccnc1OCC(F)(F)F)c1ccc(Cl)cc1. The van der Waals surface area contributed by atoms with Crippen molar-refractivity contribution in [3.05, 3.63) is 53.2 Å². The Hall–Kier alpha value is -1.84. The van der Waals surface area contributed by atoms with Gasteiger partial charge < -0.3 is 4.74 Å². The topological polar surface area (TPSA) is 68.3 Å². The van der Waals surface area contributed by atoms with Gasteiger partial charge in [-0.25, -0.2) is 18.1 Å². The molecular formula is C14H12ClF3N2O3S. The number of nitrogens with one attached hydrogen (secondary N) is 1. The lowest BCUT2D eigenvalue weighted by molar-refractivity contribution is -0.154. The van der Waals surface area contributed by atoms with E-state index in [4.69, 9.17) is 11.6 Å². The molecule has 5 nitrogen and oxygen atoms in total. The van der Waals surface area contributed by atoms with Gasteiger partial charge in [-0.2, -0.15) is 13.2 Å². The Morgan fingerprint density at radius 1 is 1.17 bits per heavy atom. The second-order valence-corrected chi connectivity index (χ2v) is 6.85. The first-order valence-electron chi connectivity index (χ1n) is 6.56. The first-order chi connectivity index (χ1) is 11.2. The average Bonchev–Trinajstić information content (AvgIpc) is 2.51. The molecule has 0 aliphatic rings. The van der Waals surface area contributed by atoms with Crippen LogP contribution in [-0.2, 0) is 16.6 Å². The highest BCUT2D eigenvalue weighted by molar-refractivity contribution is 7.89. The highest BCUT2D eigenvalue weighted by atomic mass is 35.5. The predicted octanol–water partition coefficient (Wildman–Crippen LogP) is 3.15. The monoisotopic (exact) mass is 380 g/mol. The third-order valence-corrected chi connectivity index (χ3v) is 4.47. The summed E-state index contributed by atoms with van der Waals surface area (Å²) in [5, 5.41) is 0.379. The zero-order valence-corrected chi connectivity index (χ0v) is 13.6. The molecule has 10 heteroatoms. The van der Waals surface area contributed by atoms with Gasteiger partial charge in [-0.1, -0.05) is 17.7 Å². The molecule has 1 aromatic carbocycles. The van der Waals surface area contributed by atoms with Gasteiger partial charge in [0.15, 0.2) is 6.61 Å². The van der Waals surface area contributed by atoms with Gasteiger partial charge in [0.05, 0.1) is 4.90 Å². The van der Waals surface area contributed by atoms with Crippen LogP contribution in [0.3, 0.4) is 0 Å². The Balaban J connectivity index is 2.10. The molecule has 24 heavy (non-hydrogen) atoms. The molecule has 2 aromatic rings. The maximum Gasteiger partial charge on any atom is 0.422 e. The third-order valence-electron chi connectivity index (χ3n) is 2.80. The van der Waals surface area contributed by atoms with Crippen LogP contribution in [0.2, 0.25) is 5.02 Å². The van der Waals surface area contributed by atoms with E-state index in [2.05, 4.69) is 14.4 Å². The number of rotatable bonds is 6. The zero-order chi connectivity index (χ0) is 17.8. The number of nitrogens with zero attached hydrogens (tertiary/aromatic N) is 1. The molecule has 0 fully saturated rings. The minimum Gasteiger partial charge on any atom is -0.468 e. The van der Waals surface area contributed by atoms with Crippen LogP contribution in [0.25, 0.3) is 0 Å². The molecule has 0 aliphatic heterocycles. The van der Waals surface area contributed by atoms with E-state index in [0.717, 1.165) is 0 Å². The molecule has 0 atom stereocenters. The Bertz CT molecular complexity index is 796. The average molecular weight is 381 g/mol. The number of hydrogen-bond acceptors (Lipinski definition) is 4. The predicted molar refractivity (Wildman–Crippen MR) is 81.3 cm³/mol. The zero-order valence-electron chi connectivity index (χ0n) is 12.0. The number of sulfonamides is 1. The van der Waals surface area contributed by atoms with Crippen molar-refractivity contribution in [3.8, 4) is 5.88 Å². The van der Waals surface area contributed by atoms with Crippen LogP contribution in [0.5, 0.6) is 5.88 Å². The highest BCUT2D eigenvalue weighted by Gasteiger charge is 2.29. The van der Waals surface area contributed by atoms with Crippen molar-refractivity contribution in [1.82, 2.24) is 9.71 Å². The highest BCUT2D eigenvalue weighted by Crippen LogP contribution is 2.20. The Kier molecular flexibility index (Phi) is 5.68. The van der Waals surface area contributed by atoms with Crippen molar-refractivity contribution in [2.45, 2.75) is 17.6 Å². The van der Waals surface area contributed by atoms with Crippen molar-refractivity contribution in [1.29, 1.82) is 0 Å². The van der Waals surface area contributed by atoms with E-state index in [9.17, 15) is 21.6 Å².